The third kappa shape index (κ3) is 4.88. The van der Waals surface area contributed by atoms with Crippen LogP contribution in [0, 0.1) is 0 Å². The number of amides is 1. The van der Waals surface area contributed by atoms with Crippen molar-refractivity contribution in [3.8, 4) is 17.2 Å². The molecule has 0 spiro atoms. The van der Waals surface area contributed by atoms with Crippen molar-refractivity contribution in [1.29, 1.82) is 0 Å². The predicted molar refractivity (Wildman–Crippen MR) is 93.6 cm³/mol. The summed E-state index contributed by atoms with van der Waals surface area (Å²) in [6, 6.07) is 20.3. The molecule has 0 fully saturated rings. The number of ether oxygens (including phenoxy) is 2. The van der Waals surface area contributed by atoms with Crippen LogP contribution >= 0.6 is 0 Å². The third-order valence-corrected chi connectivity index (χ3v) is 3.50. The molecule has 1 N–H and O–H groups in total. The van der Waals surface area contributed by atoms with Crippen LogP contribution in [-0.4, -0.2) is 12.0 Å². The summed E-state index contributed by atoms with van der Waals surface area (Å²) in [5, 5.41) is 2.77. The summed E-state index contributed by atoms with van der Waals surface area (Å²) in [7, 11) is 0. The van der Waals surface area contributed by atoms with Crippen LogP contribution < -0.4 is 14.8 Å². The fourth-order valence-electron chi connectivity index (χ4n) is 2.20. The first-order chi connectivity index (χ1) is 12.2. The highest BCUT2D eigenvalue weighted by Crippen LogP contribution is 2.24. The van der Waals surface area contributed by atoms with Gasteiger partial charge in [0.2, 0.25) is 0 Å². The van der Waals surface area contributed by atoms with Gasteiger partial charge in [0.05, 0.1) is 12.8 Å². The van der Waals surface area contributed by atoms with E-state index in [4.69, 9.17) is 13.9 Å². The van der Waals surface area contributed by atoms with E-state index in [2.05, 4.69) is 5.32 Å². The zero-order valence-corrected chi connectivity index (χ0v) is 13.8. The third-order valence-electron chi connectivity index (χ3n) is 3.50. The lowest BCUT2D eigenvalue weighted by molar-refractivity contribution is -0.127. The maximum atomic E-state index is 12.0. The van der Waals surface area contributed by atoms with Gasteiger partial charge in [-0.1, -0.05) is 18.2 Å². The molecule has 0 bridgehead atoms. The molecule has 1 heterocycles. The Morgan fingerprint density at radius 3 is 2.32 bits per heavy atom. The summed E-state index contributed by atoms with van der Waals surface area (Å²) in [6.45, 7) is 2.04. The number of hydrogen-bond donors (Lipinski definition) is 1. The lowest BCUT2D eigenvalue weighted by atomic mass is 10.3. The zero-order chi connectivity index (χ0) is 17.5. The minimum atomic E-state index is -0.615. The van der Waals surface area contributed by atoms with E-state index < -0.39 is 6.10 Å². The van der Waals surface area contributed by atoms with Gasteiger partial charge in [0, 0.05) is 0 Å². The Bertz CT molecular complexity index is 782. The quantitative estimate of drug-likeness (QED) is 0.703. The molecule has 1 unspecified atom stereocenters. The summed E-state index contributed by atoms with van der Waals surface area (Å²) < 4.78 is 16.5. The molecule has 25 heavy (non-hydrogen) atoms. The molecule has 0 radical (unpaired) electrons. The first-order valence-electron chi connectivity index (χ1n) is 8.00. The SMILES string of the molecule is CC(Oc1ccc(Oc2ccccc2)cc1)C(=O)NCc1ccco1. The number of nitrogens with one attached hydrogen (secondary N) is 1. The number of para-hydroxylation sites is 1. The highest BCUT2D eigenvalue weighted by molar-refractivity contribution is 5.80. The van der Waals surface area contributed by atoms with Crippen molar-refractivity contribution in [2.24, 2.45) is 0 Å². The number of carbonyl (C=O) groups excluding carboxylic acids is 1. The van der Waals surface area contributed by atoms with Gasteiger partial charge in [0.15, 0.2) is 6.10 Å². The molecule has 0 aliphatic rings. The van der Waals surface area contributed by atoms with E-state index in [1.165, 1.54) is 0 Å². The molecule has 3 aromatic rings. The van der Waals surface area contributed by atoms with Gasteiger partial charge in [-0.3, -0.25) is 4.79 Å². The minimum Gasteiger partial charge on any atom is -0.481 e. The van der Waals surface area contributed by atoms with Crippen molar-refractivity contribution in [3.05, 3.63) is 78.8 Å². The smallest absolute Gasteiger partial charge is 0.261 e. The lowest BCUT2D eigenvalue weighted by Gasteiger charge is -2.14. The molecule has 1 amide bonds. The summed E-state index contributed by atoms with van der Waals surface area (Å²) in [4.78, 5) is 12.0. The average Bonchev–Trinajstić information content (AvgIpc) is 3.16. The van der Waals surface area contributed by atoms with Gasteiger partial charge in [0.25, 0.3) is 5.91 Å². The first kappa shape index (κ1) is 16.6. The van der Waals surface area contributed by atoms with Crippen molar-refractivity contribution in [2.75, 3.05) is 0 Å². The predicted octanol–water partition coefficient (Wildman–Crippen LogP) is 4.16. The molecule has 5 nitrogen and oxygen atoms in total. The Hall–Kier alpha value is -3.21. The van der Waals surface area contributed by atoms with E-state index in [-0.39, 0.29) is 5.91 Å². The van der Waals surface area contributed by atoms with E-state index in [0.717, 1.165) is 5.75 Å². The monoisotopic (exact) mass is 337 g/mol. The van der Waals surface area contributed by atoms with Gasteiger partial charge in [-0.15, -0.1) is 0 Å². The van der Waals surface area contributed by atoms with Crippen LogP contribution in [0.2, 0.25) is 0 Å². The van der Waals surface area contributed by atoms with E-state index in [0.29, 0.717) is 23.8 Å². The van der Waals surface area contributed by atoms with Gasteiger partial charge in [-0.05, 0) is 55.5 Å². The second kappa shape index (κ2) is 8.06. The topological polar surface area (TPSA) is 60.7 Å². The van der Waals surface area contributed by atoms with Crippen LogP contribution in [-0.2, 0) is 11.3 Å². The Labute approximate surface area is 146 Å². The molecule has 3 rings (SSSR count). The van der Waals surface area contributed by atoms with Crippen LogP contribution in [0.25, 0.3) is 0 Å². The molecule has 5 heteroatoms. The van der Waals surface area contributed by atoms with E-state index in [9.17, 15) is 4.79 Å². The van der Waals surface area contributed by atoms with E-state index >= 15 is 0 Å². The fraction of sp³-hybridized carbons (Fsp3) is 0.150. The lowest BCUT2D eigenvalue weighted by Crippen LogP contribution is -2.35. The highest BCUT2D eigenvalue weighted by Gasteiger charge is 2.14. The second-order valence-corrected chi connectivity index (χ2v) is 5.44. The molecular weight excluding hydrogens is 318 g/mol. The van der Waals surface area contributed by atoms with Crippen molar-refractivity contribution in [1.82, 2.24) is 5.32 Å². The molecule has 2 aromatic carbocycles. The molecule has 0 aliphatic heterocycles. The van der Waals surface area contributed by atoms with E-state index in [1.54, 1.807) is 49.6 Å². The largest absolute Gasteiger partial charge is 0.481 e. The number of hydrogen-bond acceptors (Lipinski definition) is 4. The molecular formula is C20H19NO4. The first-order valence-corrected chi connectivity index (χ1v) is 8.00. The molecule has 0 aliphatic carbocycles. The maximum absolute atomic E-state index is 12.0. The van der Waals surface area contributed by atoms with Crippen LogP contribution in [0.15, 0.2) is 77.4 Å². The van der Waals surface area contributed by atoms with Gasteiger partial charge >= 0.3 is 0 Å². The van der Waals surface area contributed by atoms with Gasteiger partial charge in [0.1, 0.15) is 23.0 Å². The molecule has 1 aromatic heterocycles. The summed E-state index contributed by atoms with van der Waals surface area (Å²) in [5.41, 5.74) is 0. The number of rotatable bonds is 7. The maximum Gasteiger partial charge on any atom is 0.261 e. The number of furan rings is 1. The van der Waals surface area contributed by atoms with Gasteiger partial charge < -0.3 is 19.2 Å². The van der Waals surface area contributed by atoms with Crippen molar-refractivity contribution < 1.29 is 18.7 Å². The molecule has 0 saturated heterocycles. The van der Waals surface area contributed by atoms with Crippen LogP contribution in [0.5, 0.6) is 17.2 Å². The van der Waals surface area contributed by atoms with Crippen molar-refractivity contribution in [2.45, 2.75) is 19.6 Å². The Balaban J connectivity index is 1.51. The Morgan fingerprint density at radius 2 is 1.64 bits per heavy atom. The zero-order valence-electron chi connectivity index (χ0n) is 13.8. The standard InChI is InChI=1S/C20H19NO4/c1-15(20(22)21-14-19-8-5-13-23-19)24-17-9-11-18(12-10-17)25-16-6-3-2-4-7-16/h2-13,15H,14H2,1H3,(H,21,22). The summed E-state index contributed by atoms with van der Waals surface area (Å²) in [5.74, 6) is 2.56. The Kier molecular flexibility index (Phi) is 5.36. The summed E-state index contributed by atoms with van der Waals surface area (Å²) >= 11 is 0. The summed E-state index contributed by atoms with van der Waals surface area (Å²) in [6.07, 6.45) is 0.955. The Morgan fingerprint density at radius 1 is 0.960 bits per heavy atom. The van der Waals surface area contributed by atoms with Gasteiger partial charge in [-0.25, -0.2) is 0 Å². The van der Waals surface area contributed by atoms with Crippen molar-refractivity contribution >= 4 is 5.91 Å². The van der Waals surface area contributed by atoms with Crippen LogP contribution in [0.4, 0.5) is 0 Å². The van der Waals surface area contributed by atoms with Crippen molar-refractivity contribution in [3.63, 3.8) is 0 Å². The fourth-order valence-corrected chi connectivity index (χ4v) is 2.20. The average molecular weight is 337 g/mol. The van der Waals surface area contributed by atoms with Crippen LogP contribution in [0.1, 0.15) is 12.7 Å². The second-order valence-electron chi connectivity index (χ2n) is 5.44. The molecule has 1 atom stereocenters. The number of carbonyl (C=O) groups is 1. The molecule has 128 valence electrons. The van der Waals surface area contributed by atoms with Gasteiger partial charge in [-0.2, -0.15) is 0 Å². The normalized spacial score (nSPS) is 11.6. The molecule has 0 saturated carbocycles. The van der Waals surface area contributed by atoms with E-state index in [1.807, 2.05) is 30.3 Å². The minimum absolute atomic E-state index is 0.207. The highest BCUT2D eigenvalue weighted by atomic mass is 16.5. The number of benzene rings is 2. The van der Waals surface area contributed by atoms with Crippen LogP contribution in [0.3, 0.4) is 0 Å².